The number of ether oxygens (including phenoxy) is 1. The summed E-state index contributed by atoms with van der Waals surface area (Å²) < 4.78 is 5.61. The molecule has 2 saturated carbocycles. The summed E-state index contributed by atoms with van der Waals surface area (Å²) in [7, 11) is 0. The standard InChI is InChI=1S/C22H36N2O4/c1-5-15-10-12-22(13-11-15)19(26)24(20(27)23-22)14-18(25)28-17-8-6-16(7-9-17)21(2,3)4/h15-17H,5-14H2,1-4H3,(H,23,27). The Labute approximate surface area is 168 Å². The Morgan fingerprint density at radius 1 is 1.11 bits per heavy atom. The second-order valence-electron chi connectivity index (χ2n) is 10.1. The van der Waals surface area contributed by atoms with Crippen molar-refractivity contribution in [1.82, 2.24) is 10.2 Å². The lowest BCUT2D eigenvalue weighted by Crippen LogP contribution is -2.49. The van der Waals surface area contributed by atoms with Gasteiger partial charge in [-0.3, -0.25) is 14.5 Å². The number of nitrogens with zero attached hydrogens (tertiary/aromatic N) is 1. The summed E-state index contributed by atoms with van der Waals surface area (Å²) in [6.07, 6.45) is 8.03. The average molecular weight is 393 g/mol. The molecule has 3 fully saturated rings. The first-order valence-electron chi connectivity index (χ1n) is 11.0. The van der Waals surface area contributed by atoms with Crippen molar-refractivity contribution in [3.8, 4) is 0 Å². The number of carbonyl (C=O) groups is 3. The Bertz CT molecular complexity index is 609. The quantitative estimate of drug-likeness (QED) is 0.579. The van der Waals surface area contributed by atoms with Crippen molar-refractivity contribution in [3.63, 3.8) is 0 Å². The Balaban J connectivity index is 1.51. The van der Waals surface area contributed by atoms with E-state index in [2.05, 4.69) is 33.0 Å². The van der Waals surface area contributed by atoms with E-state index < -0.39 is 17.5 Å². The fourth-order valence-corrected chi connectivity index (χ4v) is 5.14. The Kier molecular flexibility index (Phi) is 6.06. The third-order valence-corrected chi connectivity index (χ3v) is 7.27. The van der Waals surface area contributed by atoms with Crippen molar-refractivity contribution < 1.29 is 19.1 Å². The summed E-state index contributed by atoms with van der Waals surface area (Å²) >= 11 is 0. The Morgan fingerprint density at radius 2 is 1.71 bits per heavy atom. The van der Waals surface area contributed by atoms with Gasteiger partial charge in [0.15, 0.2) is 0 Å². The fraction of sp³-hybridized carbons (Fsp3) is 0.864. The number of nitrogens with one attached hydrogen (secondary N) is 1. The van der Waals surface area contributed by atoms with Crippen LogP contribution in [0.3, 0.4) is 0 Å². The van der Waals surface area contributed by atoms with Gasteiger partial charge in [-0.05, 0) is 68.6 Å². The molecule has 3 rings (SSSR count). The first-order chi connectivity index (χ1) is 13.1. The van der Waals surface area contributed by atoms with Crippen LogP contribution < -0.4 is 5.32 Å². The van der Waals surface area contributed by atoms with E-state index in [9.17, 15) is 14.4 Å². The Hall–Kier alpha value is -1.59. The average Bonchev–Trinajstić information content (AvgIpc) is 2.86. The van der Waals surface area contributed by atoms with Gasteiger partial charge < -0.3 is 10.1 Å². The third kappa shape index (κ3) is 4.36. The molecule has 1 heterocycles. The highest BCUT2D eigenvalue weighted by atomic mass is 16.5. The molecule has 0 unspecified atom stereocenters. The van der Waals surface area contributed by atoms with Crippen molar-refractivity contribution in [3.05, 3.63) is 0 Å². The van der Waals surface area contributed by atoms with E-state index in [1.807, 2.05) is 0 Å². The second kappa shape index (κ2) is 8.03. The van der Waals surface area contributed by atoms with Gasteiger partial charge >= 0.3 is 12.0 Å². The van der Waals surface area contributed by atoms with Crippen LogP contribution in [0, 0.1) is 17.3 Å². The molecule has 0 bridgehead atoms. The van der Waals surface area contributed by atoms with Crippen LogP contribution in [-0.4, -0.2) is 41.0 Å². The minimum atomic E-state index is -0.798. The number of amides is 3. The van der Waals surface area contributed by atoms with Crippen LogP contribution in [0.15, 0.2) is 0 Å². The lowest BCUT2D eigenvalue weighted by Gasteiger charge is -2.36. The minimum Gasteiger partial charge on any atom is -0.461 e. The molecule has 1 aliphatic heterocycles. The van der Waals surface area contributed by atoms with Crippen molar-refractivity contribution in [2.24, 2.45) is 17.3 Å². The number of esters is 1. The highest BCUT2D eigenvalue weighted by molar-refractivity contribution is 6.08. The molecule has 0 aromatic rings. The predicted molar refractivity (Wildman–Crippen MR) is 107 cm³/mol. The van der Waals surface area contributed by atoms with Crippen LogP contribution in [0.2, 0.25) is 0 Å². The summed E-state index contributed by atoms with van der Waals surface area (Å²) in [5.41, 5.74) is -0.520. The topological polar surface area (TPSA) is 75.7 Å². The monoisotopic (exact) mass is 392 g/mol. The van der Waals surface area contributed by atoms with Gasteiger partial charge in [0, 0.05) is 0 Å². The zero-order chi connectivity index (χ0) is 20.5. The summed E-state index contributed by atoms with van der Waals surface area (Å²) in [5.74, 6) is 0.548. The van der Waals surface area contributed by atoms with Crippen molar-refractivity contribution in [2.45, 2.75) is 97.1 Å². The van der Waals surface area contributed by atoms with Gasteiger partial charge in [-0.2, -0.15) is 0 Å². The maximum absolute atomic E-state index is 12.9. The molecule has 2 aliphatic carbocycles. The summed E-state index contributed by atoms with van der Waals surface area (Å²) in [6, 6.07) is -0.451. The molecule has 0 radical (unpaired) electrons. The van der Waals surface area contributed by atoms with Gasteiger partial charge in [0.05, 0.1) is 0 Å². The highest BCUT2D eigenvalue weighted by Gasteiger charge is 2.52. The van der Waals surface area contributed by atoms with Gasteiger partial charge in [0.25, 0.3) is 5.91 Å². The largest absolute Gasteiger partial charge is 0.461 e. The lowest BCUT2D eigenvalue weighted by atomic mass is 9.72. The van der Waals surface area contributed by atoms with E-state index in [-0.39, 0.29) is 24.0 Å². The van der Waals surface area contributed by atoms with Gasteiger partial charge in [-0.1, -0.05) is 34.1 Å². The molecular formula is C22H36N2O4. The maximum atomic E-state index is 12.9. The van der Waals surface area contributed by atoms with E-state index in [0.717, 1.165) is 49.8 Å². The van der Waals surface area contributed by atoms with Crippen LogP contribution in [-0.2, 0) is 14.3 Å². The Morgan fingerprint density at radius 3 is 2.25 bits per heavy atom. The lowest BCUT2D eigenvalue weighted by molar-refractivity contribution is -0.154. The molecule has 3 aliphatic rings. The zero-order valence-corrected chi connectivity index (χ0v) is 17.9. The number of rotatable bonds is 4. The van der Waals surface area contributed by atoms with Crippen LogP contribution in [0.4, 0.5) is 4.79 Å². The normalized spacial score (nSPS) is 33.9. The first kappa shape index (κ1) is 21.1. The van der Waals surface area contributed by atoms with Gasteiger partial charge in [0.1, 0.15) is 18.2 Å². The fourth-order valence-electron chi connectivity index (χ4n) is 5.14. The molecule has 0 atom stereocenters. The van der Waals surface area contributed by atoms with E-state index in [1.165, 1.54) is 0 Å². The van der Waals surface area contributed by atoms with Gasteiger partial charge in [-0.25, -0.2) is 4.79 Å². The molecule has 0 aromatic heterocycles. The molecule has 6 nitrogen and oxygen atoms in total. The van der Waals surface area contributed by atoms with Gasteiger partial charge in [-0.15, -0.1) is 0 Å². The molecule has 1 saturated heterocycles. The predicted octanol–water partition coefficient (Wildman–Crippen LogP) is 4.03. The summed E-state index contributed by atoms with van der Waals surface area (Å²) in [5, 5.41) is 2.87. The first-order valence-corrected chi connectivity index (χ1v) is 11.0. The molecule has 28 heavy (non-hydrogen) atoms. The number of hydrogen-bond donors (Lipinski definition) is 1. The van der Waals surface area contributed by atoms with Crippen LogP contribution >= 0.6 is 0 Å². The molecular weight excluding hydrogens is 356 g/mol. The maximum Gasteiger partial charge on any atom is 0.326 e. The molecule has 1 N–H and O–H groups in total. The molecule has 158 valence electrons. The van der Waals surface area contributed by atoms with E-state index in [1.54, 1.807) is 0 Å². The number of hydrogen-bond acceptors (Lipinski definition) is 4. The van der Waals surface area contributed by atoms with E-state index in [0.29, 0.717) is 24.7 Å². The van der Waals surface area contributed by atoms with Crippen molar-refractivity contribution >= 4 is 17.9 Å². The van der Waals surface area contributed by atoms with Crippen LogP contribution in [0.5, 0.6) is 0 Å². The molecule has 1 spiro atoms. The van der Waals surface area contributed by atoms with E-state index in [4.69, 9.17) is 4.74 Å². The van der Waals surface area contributed by atoms with Gasteiger partial charge in [0.2, 0.25) is 0 Å². The van der Waals surface area contributed by atoms with Crippen LogP contribution in [0.25, 0.3) is 0 Å². The SMILES string of the molecule is CCC1CCC2(CC1)NC(=O)N(CC(=O)OC1CCC(C(C)(C)C)CC1)C2=O. The third-order valence-electron chi connectivity index (χ3n) is 7.27. The number of carbonyl (C=O) groups excluding carboxylic acids is 3. The molecule has 3 amide bonds. The number of imide groups is 1. The summed E-state index contributed by atoms with van der Waals surface area (Å²) in [6.45, 7) is 8.65. The zero-order valence-electron chi connectivity index (χ0n) is 17.9. The molecule has 0 aromatic carbocycles. The smallest absolute Gasteiger partial charge is 0.326 e. The van der Waals surface area contributed by atoms with E-state index >= 15 is 0 Å². The summed E-state index contributed by atoms with van der Waals surface area (Å²) in [4.78, 5) is 38.8. The van der Waals surface area contributed by atoms with Crippen LogP contribution in [0.1, 0.15) is 85.5 Å². The van der Waals surface area contributed by atoms with Crippen molar-refractivity contribution in [2.75, 3.05) is 6.54 Å². The number of urea groups is 1. The highest BCUT2D eigenvalue weighted by Crippen LogP contribution is 2.39. The minimum absolute atomic E-state index is 0.0965. The molecule has 6 heteroatoms. The second-order valence-corrected chi connectivity index (χ2v) is 10.1. The van der Waals surface area contributed by atoms with Crippen molar-refractivity contribution in [1.29, 1.82) is 0 Å².